The van der Waals surface area contributed by atoms with E-state index in [-0.39, 0.29) is 6.29 Å². The Kier molecular flexibility index (Phi) is 4.98. The Balaban J connectivity index is 1.97. The van der Waals surface area contributed by atoms with Gasteiger partial charge in [0.1, 0.15) is 0 Å². The minimum Gasteiger partial charge on any atom is -0.350 e. The van der Waals surface area contributed by atoms with E-state index in [4.69, 9.17) is 9.47 Å². The molecule has 94 valence electrons. The lowest BCUT2D eigenvalue weighted by Crippen LogP contribution is -2.26. The van der Waals surface area contributed by atoms with Crippen LogP contribution in [0.2, 0.25) is 0 Å². The second-order valence-corrected chi connectivity index (χ2v) is 4.32. The maximum atomic E-state index is 5.52. The topological polar surface area (TPSA) is 30.5 Å². The predicted molar refractivity (Wildman–Crippen MR) is 67.8 cm³/mol. The van der Waals surface area contributed by atoms with Crippen LogP contribution in [0.4, 0.5) is 0 Å². The molecule has 1 N–H and O–H groups in total. The van der Waals surface area contributed by atoms with Crippen molar-refractivity contribution < 1.29 is 9.47 Å². The van der Waals surface area contributed by atoms with Crippen LogP contribution in [0.15, 0.2) is 30.3 Å². The molecular weight excluding hydrogens is 214 g/mol. The third-order valence-electron chi connectivity index (χ3n) is 2.96. The van der Waals surface area contributed by atoms with Gasteiger partial charge in [-0.15, -0.1) is 0 Å². The van der Waals surface area contributed by atoms with Crippen LogP contribution < -0.4 is 5.32 Å². The molecule has 1 aromatic rings. The van der Waals surface area contributed by atoms with Gasteiger partial charge in [0.15, 0.2) is 6.29 Å². The van der Waals surface area contributed by atoms with E-state index in [0.717, 1.165) is 32.6 Å². The highest BCUT2D eigenvalue weighted by atomic mass is 16.7. The maximum Gasteiger partial charge on any atom is 0.159 e. The minimum absolute atomic E-state index is 0.0513. The lowest BCUT2D eigenvalue weighted by molar-refractivity contribution is -0.0530. The Morgan fingerprint density at radius 2 is 1.94 bits per heavy atom. The average Bonchev–Trinajstić information content (AvgIpc) is 2.88. The Hall–Kier alpha value is -0.900. The van der Waals surface area contributed by atoms with E-state index in [1.54, 1.807) is 0 Å². The largest absolute Gasteiger partial charge is 0.350 e. The molecule has 17 heavy (non-hydrogen) atoms. The van der Waals surface area contributed by atoms with Crippen molar-refractivity contribution in [1.82, 2.24) is 5.32 Å². The fourth-order valence-corrected chi connectivity index (χ4v) is 2.08. The van der Waals surface area contributed by atoms with Gasteiger partial charge in [0.2, 0.25) is 0 Å². The van der Waals surface area contributed by atoms with E-state index in [1.807, 2.05) is 6.07 Å². The average molecular weight is 235 g/mol. The van der Waals surface area contributed by atoms with Crippen LogP contribution in [0, 0.1) is 0 Å². The molecule has 0 amide bonds. The lowest BCUT2D eigenvalue weighted by Gasteiger charge is -2.21. The summed E-state index contributed by atoms with van der Waals surface area (Å²) >= 11 is 0. The van der Waals surface area contributed by atoms with Gasteiger partial charge in [0, 0.05) is 12.5 Å². The summed E-state index contributed by atoms with van der Waals surface area (Å²) in [7, 11) is 0. The van der Waals surface area contributed by atoms with Crippen molar-refractivity contribution >= 4 is 0 Å². The third-order valence-corrected chi connectivity index (χ3v) is 2.96. The predicted octanol–water partition coefficient (Wildman–Crippen LogP) is 2.49. The molecule has 1 atom stereocenters. The van der Waals surface area contributed by atoms with Gasteiger partial charge in [-0.05, 0) is 18.5 Å². The van der Waals surface area contributed by atoms with Gasteiger partial charge in [0.25, 0.3) is 0 Å². The first-order valence-electron chi connectivity index (χ1n) is 6.41. The fraction of sp³-hybridized carbons (Fsp3) is 0.571. The van der Waals surface area contributed by atoms with Gasteiger partial charge in [-0.2, -0.15) is 0 Å². The number of hydrogen-bond donors (Lipinski definition) is 1. The molecule has 0 bridgehead atoms. The van der Waals surface area contributed by atoms with Crippen molar-refractivity contribution in [3.05, 3.63) is 35.9 Å². The molecule has 2 rings (SSSR count). The molecule has 0 saturated carbocycles. The first-order chi connectivity index (χ1) is 8.40. The van der Waals surface area contributed by atoms with E-state index in [9.17, 15) is 0 Å². The summed E-state index contributed by atoms with van der Waals surface area (Å²) in [5, 5.41) is 3.55. The van der Waals surface area contributed by atoms with Gasteiger partial charge in [-0.25, -0.2) is 0 Å². The first-order valence-corrected chi connectivity index (χ1v) is 6.41. The summed E-state index contributed by atoms with van der Waals surface area (Å²) in [6.07, 6.45) is 1.96. The number of benzene rings is 1. The smallest absolute Gasteiger partial charge is 0.159 e. The van der Waals surface area contributed by atoms with Crippen molar-refractivity contribution in [1.29, 1.82) is 0 Å². The van der Waals surface area contributed by atoms with E-state index in [2.05, 4.69) is 36.5 Å². The first kappa shape index (κ1) is 12.6. The molecule has 3 nitrogen and oxygen atoms in total. The molecule has 1 aliphatic heterocycles. The highest BCUT2D eigenvalue weighted by Crippen LogP contribution is 2.22. The monoisotopic (exact) mass is 235 g/mol. The zero-order chi connectivity index (χ0) is 11.9. The van der Waals surface area contributed by atoms with Gasteiger partial charge in [-0.3, -0.25) is 0 Å². The van der Waals surface area contributed by atoms with Crippen LogP contribution in [-0.2, 0) is 9.47 Å². The molecule has 0 spiro atoms. The number of hydrogen-bond acceptors (Lipinski definition) is 3. The van der Waals surface area contributed by atoms with Crippen molar-refractivity contribution in [2.45, 2.75) is 32.1 Å². The quantitative estimate of drug-likeness (QED) is 0.821. The van der Waals surface area contributed by atoms with Crippen LogP contribution in [-0.4, -0.2) is 26.0 Å². The molecule has 1 saturated heterocycles. The van der Waals surface area contributed by atoms with Crippen molar-refractivity contribution in [3.63, 3.8) is 0 Å². The molecule has 1 aromatic carbocycles. The van der Waals surface area contributed by atoms with Crippen LogP contribution in [0.1, 0.15) is 31.4 Å². The highest BCUT2D eigenvalue weighted by Gasteiger charge is 2.21. The summed E-state index contributed by atoms with van der Waals surface area (Å²) in [6.45, 7) is 4.64. The molecule has 1 fully saturated rings. The van der Waals surface area contributed by atoms with Gasteiger partial charge in [0.05, 0.1) is 13.2 Å². The van der Waals surface area contributed by atoms with Crippen molar-refractivity contribution in [2.75, 3.05) is 19.8 Å². The maximum absolute atomic E-state index is 5.52. The van der Waals surface area contributed by atoms with E-state index < -0.39 is 0 Å². The van der Waals surface area contributed by atoms with Gasteiger partial charge < -0.3 is 14.8 Å². The number of rotatable bonds is 6. The number of nitrogens with one attached hydrogen (secondary N) is 1. The lowest BCUT2D eigenvalue weighted by atomic mass is 10.0. The zero-order valence-corrected chi connectivity index (χ0v) is 10.4. The normalized spacial score (nSPS) is 18.4. The van der Waals surface area contributed by atoms with E-state index in [1.165, 1.54) is 5.56 Å². The molecule has 0 radical (unpaired) electrons. The standard InChI is InChI=1S/C14H21NO2/c1-2-8-15-13(11-14-16-9-10-17-14)12-6-4-3-5-7-12/h3-7,13-15H,2,8-11H2,1H3. The van der Waals surface area contributed by atoms with Crippen LogP contribution in [0.5, 0.6) is 0 Å². The summed E-state index contributed by atoms with van der Waals surface area (Å²) in [4.78, 5) is 0. The zero-order valence-electron chi connectivity index (χ0n) is 10.4. The van der Waals surface area contributed by atoms with Gasteiger partial charge >= 0.3 is 0 Å². The van der Waals surface area contributed by atoms with Crippen LogP contribution in [0.3, 0.4) is 0 Å². The Labute approximate surface area is 103 Å². The highest BCUT2D eigenvalue weighted by molar-refractivity contribution is 5.18. The fourth-order valence-electron chi connectivity index (χ4n) is 2.08. The van der Waals surface area contributed by atoms with Crippen molar-refractivity contribution in [2.24, 2.45) is 0 Å². The van der Waals surface area contributed by atoms with Crippen LogP contribution >= 0.6 is 0 Å². The molecule has 0 aromatic heterocycles. The Morgan fingerprint density at radius 1 is 1.24 bits per heavy atom. The van der Waals surface area contributed by atoms with E-state index in [0.29, 0.717) is 6.04 Å². The van der Waals surface area contributed by atoms with Crippen molar-refractivity contribution in [3.8, 4) is 0 Å². The Morgan fingerprint density at radius 3 is 2.59 bits per heavy atom. The SMILES string of the molecule is CCCNC(CC1OCCO1)c1ccccc1. The summed E-state index contributed by atoms with van der Waals surface area (Å²) in [5.74, 6) is 0. The van der Waals surface area contributed by atoms with E-state index >= 15 is 0 Å². The number of ether oxygens (including phenoxy) is 2. The molecule has 3 heteroatoms. The van der Waals surface area contributed by atoms with Gasteiger partial charge in [-0.1, -0.05) is 37.3 Å². The summed E-state index contributed by atoms with van der Waals surface area (Å²) in [5.41, 5.74) is 1.31. The third kappa shape index (κ3) is 3.80. The molecule has 1 heterocycles. The summed E-state index contributed by atoms with van der Waals surface area (Å²) < 4.78 is 11.0. The Bertz CT molecular complexity index is 309. The second-order valence-electron chi connectivity index (χ2n) is 4.32. The minimum atomic E-state index is -0.0513. The second kappa shape index (κ2) is 6.74. The molecular formula is C14H21NO2. The molecule has 0 aliphatic carbocycles. The van der Waals surface area contributed by atoms with Crippen LogP contribution in [0.25, 0.3) is 0 Å². The molecule has 1 aliphatic rings. The summed E-state index contributed by atoms with van der Waals surface area (Å²) in [6, 6.07) is 10.8. The molecule has 1 unspecified atom stereocenters.